The lowest BCUT2D eigenvalue weighted by Crippen LogP contribution is -2.32. The van der Waals surface area contributed by atoms with Crippen molar-refractivity contribution in [2.75, 3.05) is 41.4 Å². The van der Waals surface area contributed by atoms with Gasteiger partial charge in [0.15, 0.2) is 11.5 Å². The Bertz CT molecular complexity index is 1090. The number of hydrogen-bond donors (Lipinski definition) is 1. The molecule has 1 atom stereocenters. The lowest BCUT2D eigenvalue weighted by molar-refractivity contribution is -0.140. The number of carbonyl (C=O) groups is 2. The molecule has 1 fully saturated rings. The number of rotatable bonds is 10. The molecule has 1 unspecified atom stereocenters. The Morgan fingerprint density at radius 3 is 2.31 bits per heavy atom. The molecule has 0 saturated carbocycles. The van der Waals surface area contributed by atoms with E-state index in [1.807, 2.05) is 32.8 Å². The van der Waals surface area contributed by atoms with E-state index in [9.17, 15) is 14.7 Å². The molecule has 0 aliphatic carbocycles. The van der Waals surface area contributed by atoms with Gasteiger partial charge < -0.3 is 29.1 Å². The van der Waals surface area contributed by atoms with Crippen molar-refractivity contribution < 1.29 is 28.9 Å². The molecule has 1 N–H and O–H groups in total. The van der Waals surface area contributed by atoms with E-state index in [-0.39, 0.29) is 17.4 Å². The SMILES string of the molecule is COc1cccc(C2/C(=C(\O)c3ccc(OC(C)C)cc3)C(=O)C(=O)N2CCCN(C)C)c1OC. The van der Waals surface area contributed by atoms with Gasteiger partial charge in [-0.25, -0.2) is 0 Å². The number of likely N-dealkylation sites (tertiary alicyclic amines) is 1. The van der Waals surface area contributed by atoms with Gasteiger partial charge in [0.25, 0.3) is 11.7 Å². The molecule has 1 heterocycles. The Morgan fingerprint density at radius 2 is 1.74 bits per heavy atom. The normalized spacial score (nSPS) is 17.4. The van der Waals surface area contributed by atoms with Gasteiger partial charge in [-0.05, 0) is 71.2 Å². The molecule has 0 spiro atoms. The van der Waals surface area contributed by atoms with E-state index in [4.69, 9.17) is 14.2 Å². The molecular formula is C27H34N2O6. The lowest BCUT2D eigenvalue weighted by Gasteiger charge is -2.27. The zero-order chi connectivity index (χ0) is 25.7. The number of ketones is 1. The number of Topliss-reactive ketones (excluding diaryl/α,β-unsaturated/α-hetero) is 1. The van der Waals surface area contributed by atoms with Crippen LogP contribution in [-0.4, -0.2) is 74.1 Å². The summed E-state index contributed by atoms with van der Waals surface area (Å²) in [6.07, 6.45) is 0.659. The molecule has 2 aromatic carbocycles. The highest BCUT2D eigenvalue weighted by atomic mass is 16.5. The number of aliphatic hydroxyl groups is 1. The van der Waals surface area contributed by atoms with Gasteiger partial charge >= 0.3 is 0 Å². The molecule has 0 bridgehead atoms. The minimum Gasteiger partial charge on any atom is -0.507 e. The second-order valence-electron chi connectivity index (χ2n) is 8.92. The van der Waals surface area contributed by atoms with Crippen molar-refractivity contribution in [3.8, 4) is 17.2 Å². The van der Waals surface area contributed by atoms with Crippen molar-refractivity contribution in [2.45, 2.75) is 32.4 Å². The van der Waals surface area contributed by atoms with Gasteiger partial charge in [-0.15, -0.1) is 0 Å². The molecule has 3 rings (SSSR count). The van der Waals surface area contributed by atoms with Crippen LogP contribution in [0.1, 0.15) is 37.4 Å². The van der Waals surface area contributed by atoms with Gasteiger partial charge in [-0.1, -0.05) is 12.1 Å². The van der Waals surface area contributed by atoms with Crippen LogP contribution < -0.4 is 14.2 Å². The third kappa shape index (κ3) is 5.59. The molecule has 8 heteroatoms. The maximum Gasteiger partial charge on any atom is 0.295 e. The highest BCUT2D eigenvalue weighted by Gasteiger charge is 2.47. The number of ether oxygens (including phenoxy) is 3. The van der Waals surface area contributed by atoms with Crippen molar-refractivity contribution in [3.63, 3.8) is 0 Å². The summed E-state index contributed by atoms with van der Waals surface area (Å²) in [6.45, 7) is 4.92. The molecule has 0 radical (unpaired) electrons. The average Bonchev–Trinajstić information content (AvgIpc) is 3.07. The van der Waals surface area contributed by atoms with Crippen LogP contribution in [0.5, 0.6) is 17.2 Å². The zero-order valence-corrected chi connectivity index (χ0v) is 21.2. The largest absolute Gasteiger partial charge is 0.507 e. The van der Waals surface area contributed by atoms with Crippen LogP contribution in [0.2, 0.25) is 0 Å². The zero-order valence-electron chi connectivity index (χ0n) is 21.2. The highest BCUT2D eigenvalue weighted by Crippen LogP contribution is 2.45. The van der Waals surface area contributed by atoms with Crippen molar-refractivity contribution in [1.82, 2.24) is 9.80 Å². The standard InChI is InChI=1S/C27H34N2O6/c1-17(2)35-19-13-11-18(12-14-19)24(30)22-23(20-9-7-10-21(33-5)26(20)34-6)29(27(32)25(22)31)16-8-15-28(3)4/h7,9-14,17,23,30H,8,15-16H2,1-6H3/b24-22+. The van der Waals surface area contributed by atoms with E-state index in [0.717, 1.165) is 6.54 Å². The first-order valence-electron chi connectivity index (χ1n) is 11.6. The van der Waals surface area contributed by atoms with E-state index in [1.165, 1.54) is 19.1 Å². The minimum atomic E-state index is -0.825. The van der Waals surface area contributed by atoms with E-state index < -0.39 is 17.7 Å². The molecule has 188 valence electrons. The number of hydrogen-bond acceptors (Lipinski definition) is 7. The molecule has 1 saturated heterocycles. The first-order chi connectivity index (χ1) is 16.7. The number of benzene rings is 2. The summed E-state index contributed by atoms with van der Waals surface area (Å²) in [5, 5.41) is 11.3. The van der Waals surface area contributed by atoms with Crippen LogP contribution in [0, 0.1) is 0 Å². The maximum absolute atomic E-state index is 13.3. The molecule has 1 amide bonds. The monoisotopic (exact) mass is 482 g/mol. The fourth-order valence-electron chi connectivity index (χ4n) is 4.24. The summed E-state index contributed by atoms with van der Waals surface area (Å²) < 4.78 is 16.8. The highest BCUT2D eigenvalue weighted by molar-refractivity contribution is 6.46. The van der Waals surface area contributed by atoms with Gasteiger partial charge in [0.2, 0.25) is 0 Å². The summed E-state index contributed by atoms with van der Waals surface area (Å²) in [6, 6.07) is 11.3. The fraction of sp³-hybridized carbons (Fsp3) is 0.407. The topological polar surface area (TPSA) is 88.5 Å². The van der Waals surface area contributed by atoms with E-state index in [1.54, 1.807) is 42.5 Å². The van der Waals surface area contributed by atoms with Gasteiger partial charge in [-0.2, -0.15) is 0 Å². The Kier molecular flexibility index (Phi) is 8.40. The van der Waals surface area contributed by atoms with Crippen LogP contribution in [-0.2, 0) is 9.59 Å². The van der Waals surface area contributed by atoms with Crippen LogP contribution in [0.25, 0.3) is 5.76 Å². The Morgan fingerprint density at radius 1 is 1.06 bits per heavy atom. The number of amides is 1. The fourth-order valence-corrected chi connectivity index (χ4v) is 4.24. The summed E-state index contributed by atoms with van der Waals surface area (Å²) in [5.74, 6) is -0.106. The average molecular weight is 483 g/mol. The number of aliphatic hydroxyl groups excluding tert-OH is 1. The Balaban J connectivity index is 2.14. The molecule has 1 aliphatic heterocycles. The maximum atomic E-state index is 13.3. The number of methoxy groups -OCH3 is 2. The van der Waals surface area contributed by atoms with Crippen molar-refractivity contribution >= 4 is 17.4 Å². The minimum absolute atomic E-state index is 0.00228. The quantitative estimate of drug-likeness (QED) is 0.312. The van der Waals surface area contributed by atoms with E-state index >= 15 is 0 Å². The first-order valence-corrected chi connectivity index (χ1v) is 11.6. The van der Waals surface area contributed by atoms with Crippen molar-refractivity contribution in [1.29, 1.82) is 0 Å². The number of carbonyl (C=O) groups excluding carboxylic acids is 2. The summed E-state index contributed by atoms with van der Waals surface area (Å²) in [4.78, 5) is 29.9. The third-order valence-electron chi connectivity index (χ3n) is 5.77. The summed E-state index contributed by atoms with van der Waals surface area (Å²) in [7, 11) is 6.93. The molecular weight excluding hydrogens is 448 g/mol. The van der Waals surface area contributed by atoms with Gasteiger partial charge in [-0.3, -0.25) is 9.59 Å². The van der Waals surface area contributed by atoms with Crippen LogP contribution in [0.15, 0.2) is 48.0 Å². The van der Waals surface area contributed by atoms with Crippen LogP contribution >= 0.6 is 0 Å². The van der Waals surface area contributed by atoms with E-state index in [2.05, 4.69) is 0 Å². The molecule has 2 aromatic rings. The molecule has 1 aliphatic rings. The van der Waals surface area contributed by atoms with Crippen LogP contribution in [0.3, 0.4) is 0 Å². The van der Waals surface area contributed by atoms with Gasteiger partial charge in [0.05, 0.1) is 31.9 Å². The van der Waals surface area contributed by atoms with Crippen LogP contribution in [0.4, 0.5) is 0 Å². The second-order valence-corrected chi connectivity index (χ2v) is 8.92. The number of para-hydroxylation sites is 1. The Labute approximate surface area is 206 Å². The predicted octanol–water partition coefficient (Wildman–Crippen LogP) is 3.86. The van der Waals surface area contributed by atoms with Gasteiger partial charge in [0, 0.05) is 17.7 Å². The van der Waals surface area contributed by atoms with Crippen molar-refractivity contribution in [3.05, 3.63) is 59.2 Å². The molecule has 0 aromatic heterocycles. The van der Waals surface area contributed by atoms with Gasteiger partial charge in [0.1, 0.15) is 11.5 Å². The third-order valence-corrected chi connectivity index (χ3v) is 5.77. The number of nitrogens with zero attached hydrogens (tertiary/aromatic N) is 2. The summed E-state index contributed by atoms with van der Waals surface area (Å²) in [5.41, 5.74) is 1.00. The van der Waals surface area contributed by atoms with Crippen molar-refractivity contribution in [2.24, 2.45) is 0 Å². The Hall–Kier alpha value is -3.52. The summed E-state index contributed by atoms with van der Waals surface area (Å²) >= 11 is 0. The molecule has 35 heavy (non-hydrogen) atoms. The lowest BCUT2D eigenvalue weighted by atomic mass is 9.94. The smallest absolute Gasteiger partial charge is 0.295 e. The first kappa shape index (κ1) is 26.1. The van der Waals surface area contributed by atoms with E-state index in [0.29, 0.717) is 41.3 Å². The molecule has 8 nitrogen and oxygen atoms in total. The second kappa shape index (κ2) is 11.3. The predicted molar refractivity (Wildman–Crippen MR) is 134 cm³/mol.